The van der Waals surface area contributed by atoms with Crippen molar-refractivity contribution in [2.45, 2.75) is 63.4 Å². The molecule has 1 fully saturated rings. The number of pyridine rings is 1. The van der Waals surface area contributed by atoms with Gasteiger partial charge < -0.3 is 14.8 Å². The molecule has 0 radical (unpaired) electrons. The number of nitrogens with one attached hydrogen (secondary N) is 2. The largest absolute Gasteiger partial charge is 0.515 e. The summed E-state index contributed by atoms with van der Waals surface area (Å²) < 4.78 is 36.9. The predicted octanol–water partition coefficient (Wildman–Crippen LogP) is 3.36. The zero-order chi connectivity index (χ0) is 26.1. The summed E-state index contributed by atoms with van der Waals surface area (Å²) >= 11 is 0. The molecule has 10 nitrogen and oxygen atoms in total. The molecular formula is C25H31N3O7S. The average Bonchev–Trinajstić information content (AvgIpc) is 2.84. The quantitative estimate of drug-likeness (QED) is 0.483. The van der Waals surface area contributed by atoms with Crippen LogP contribution in [0.25, 0.3) is 0 Å². The highest BCUT2D eigenvalue weighted by Crippen LogP contribution is 2.23. The fraction of sp³-hybridized carbons (Fsp3) is 0.440. The summed E-state index contributed by atoms with van der Waals surface area (Å²) in [7, 11) is -4.12. The van der Waals surface area contributed by atoms with Crippen LogP contribution in [0.1, 0.15) is 61.9 Å². The summed E-state index contributed by atoms with van der Waals surface area (Å²) in [6.45, 7) is 3.79. The highest BCUT2D eigenvalue weighted by Gasteiger charge is 2.21. The van der Waals surface area contributed by atoms with Gasteiger partial charge in [0.05, 0.1) is 16.6 Å². The molecule has 1 aliphatic rings. The molecule has 0 saturated heterocycles. The van der Waals surface area contributed by atoms with Gasteiger partial charge in [-0.25, -0.2) is 22.9 Å². The Morgan fingerprint density at radius 2 is 1.72 bits per heavy atom. The molecule has 0 unspecified atom stereocenters. The van der Waals surface area contributed by atoms with Crippen LogP contribution in [0.4, 0.5) is 4.79 Å². The highest BCUT2D eigenvalue weighted by atomic mass is 32.2. The van der Waals surface area contributed by atoms with Gasteiger partial charge in [-0.1, -0.05) is 31.4 Å². The lowest BCUT2D eigenvalue weighted by molar-refractivity contribution is -0.125. The fourth-order valence-corrected chi connectivity index (χ4v) is 4.77. The fourth-order valence-electron chi connectivity index (χ4n) is 3.79. The van der Waals surface area contributed by atoms with E-state index in [9.17, 15) is 22.8 Å². The Morgan fingerprint density at radius 1 is 1.03 bits per heavy atom. The molecule has 2 aromatic rings. The van der Waals surface area contributed by atoms with Gasteiger partial charge in [0.2, 0.25) is 11.8 Å². The predicted molar refractivity (Wildman–Crippen MR) is 131 cm³/mol. The van der Waals surface area contributed by atoms with E-state index in [1.807, 2.05) is 4.72 Å². The summed E-state index contributed by atoms with van der Waals surface area (Å²) in [4.78, 5) is 39.9. The van der Waals surface area contributed by atoms with Gasteiger partial charge >= 0.3 is 6.16 Å². The van der Waals surface area contributed by atoms with Gasteiger partial charge in [-0.05, 0) is 56.9 Å². The van der Waals surface area contributed by atoms with Crippen LogP contribution in [0.3, 0.4) is 0 Å². The van der Waals surface area contributed by atoms with Crippen LogP contribution in [-0.4, -0.2) is 44.0 Å². The van der Waals surface area contributed by atoms with E-state index in [2.05, 4.69) is 10.3 Å². The molecule has 194 valence electrons. The number of carbonyl (C=O) groups is 3. The van der Waals surface area contributed by atoms with Crippen molar-refractivity contribution >= 4 is 28.0 Å². The second-order valence-corrected chi connectivity index (χ2v) is 10.5. The van der Waals surface area contributed by atoms with Gasteiger partial charge in [0.15, 0.2) is 0 Å². The van der Waals surface area contributed by atoms with E-state index in [4.69, 9.17) is 9.47 Å². The molecular weight excluding hydrogens is 486 g/mol. The van der Waals surface area contributed by atoms with E-state index in [1.54, 1.807) is 26.0 Å². The number of amides is 2. The van der Waals surface area contributed by atoms with Crippen molar-refractivity contribution in [3.8, 4) is 5.88 Å². The molecule has 11 heteroatoms. The highest BCUT2D eigenvalue weighted by molar-refractivity contribution is 7.90. The maximum Gasteiger partial charge on any atom is 0.515 e. The molecule has 0 aliphatic heterocycles. The van der Waals surface area contributed by atoms with E-state index in [0.29, 0.717) is 13.0 Å². The van der Waals surface area contributed by atoms with Gasteiger partial charge in [-0.2, -0.15) is 0 Å². The van der Waals surface area contributed by atoms with Crippen molar-refractivity contribution in [2.75, 3.05) is 6.54 Å². The lowest BCUT2D eigenvalue weighted by Crippen LogP contribution is -2.33. The maximum atomic E-state index is 12.6. The molecule has 1 aromatic heterocycles. The van der Waals surface area contributed by atoms with Gasteiger partial charge in [0.25, 0.3) is 15.9 Å². The first-order valence-electron chi connectivity index (χ1n) is 11.9. The summed E-state index contributed by atoms with van der Waals surface area (Å²) in [5.41, 5.74) is 0.827. The minimum Gasteiger partial charge on any atom is -0.431 e. The number of aromatic nitrogens is 1. The van der Waals surface area contributed by atoms with Crippen molar-refractivity contribution in [2.24, 2.45) is 5.92 Å². The first-order valence-corrected chi connectivity index (χ1v) is 13.4. The minimum atomic E-state index is -4.12. The Labute approximate surface area is 210 Å². The van der Waals surface area contributed by atoms with Crippen LogP contribution in [0, 0.1) is 5.92 Å². The second-order valence-electron chi connectivity index (χ2n) is 8.86. The smallest absolute Gasteiger partial charge is 0.431 e. The molecule has 3 rings (SSSR count). The van der Waals surface area contributed by atoms with Gasteiger partial charge in [0.1, 0.15) is 0 Å². The molecule has 1 aliphatic carbocycles. The number of sulfonamides is 1. The first kappa shape index (κ1) is 27.1. The van der Waals surface area contributed by atoms with Crippen molar-refractivity contribution in [3.63, 3.8) is 0 Å². The van der Waals surface area contributed by atoms with E-state index in [-0.39, 0.29) is 34.3 Å². The van der Waals surface area contributed by atoms with E-state index >= 15 is 0 Å². The number of rotatable bonds is 9. The molecule has 1 aromatic carbocycles. The van der Waals surface area contributed by atoms with Gasteiger partial charge in [0, 0.05) is 24.7 Å². The molecule has 0 atom stereocenters. The normalized spacial score (nSPS) is 14.2. The lowest BCUT2D eigenvalue weighted by Gasteiger charge is -2.20. The summed E-state index contributed by atoms with van der Waals surface area (Å²) in [5, 5.41) is 2.96. The van der Waals surface area contributed by atoms with E-state index in [0.717, 1.165) is 37.4 Å². The van der Waals surface area contributed by atoms with Crippen LogP contribution in [0.2, 0.25) is 0 Å². The SMILES string of the molecule is CC(C)OC(=O)Oc1ccc(C(=O)NS(=O)(=O)c2ccc(CCNC(=O)C3CCCCC3)cc2)cn1. The second kappa shape index (κ2) is 12.5. The molecule has 0 bridgehead atoms. The third-order valence-electron chi connectivity index (χ3n) is 5.67. The Kier molecular flexibility index (Phi) is 9.40. The molecule has 1 saturated carbocycles. The average molecular weight is 518 g/mol. The summed E-state index contributed by atoms with van der Waals surface area (Å²) in [5.74, 6) is -0.796. The van der Waals surface area contributed by atoms with Crippen molar-refractivity contribution in [1.29, 1.82) is 0 Å². The Hall–Kier alpha value is -3.47. The van der Waals surface area contributed by atoms with Crippen LogP contribution in [-0.2, 0) is 26.0 Å². The van der Waals surface area contributed by atoms with Crippen LogP contribution >= 0.6 is 0 Å². The number of hydrogen-bond acceptors (Lipinski definition) is 8. The van der Waals surface area contributed by atoms with Gasteiger partial charge in [-0.3, -0.25) is 9.59 Å². The molecule has 1 heterocycles. The third-order valence-corrected chi connectivity index (χ3v) is 7.01. The molecule has 2 N–H and O–H groups in total. The topological polar surface area (TPSA) is 141 Å². The maximum absolute atomic E-state index is 12.6. The zero-order valence-electron chi connectivity index (χ0n) is 20.4. The Balaban J connectivity index is 1.50. The number of nitrogens with zero attached hydrogens (tertiary/aromatic N) is 1. The molecule has 0 spiro atoms. The number of ether oxygens (including phenoxy) is 2. The van der Waals surface area contributed by atoms with E-state index in [1.165, 1.54) is 30.7 Å². The number of hydrogen-bond donors (Lipinski definition) is 2. The minimum absolute atomic E-state index is 0.0338. The van der Waals surface area contributed by atoms with Gasteiger partial charge in [-0.15, -0.1) is 0 Å². The van der Waals surface area contributed by atoms with Crippen LogP contribution < -0.4 is 14.8 Å². The third kappa shape index (κ3) is 8.04. The molecule has 2 amide bonds. The van der Waals surface area contributed by atoms with Crippen molar-refractivity contribution < 1.29 is 32.3 Å². The first-order chi connectivity index (χ1) is 17.1. The molecule has 36 heavy (non-hydrogen) atoms. The van der Waals surface area contributed by atoms with Crippen molar-refractivity contribution in [3.05, 3.63) is 53.7 Å². The number of benzene rings is 1. The number of carbonyl (C=O) groups excluding carboxylic acids is 3. The Morgan fingerprint density at radius 3 is 2.33 bits per heavy atom. The summed E-state index contributed by atoms with van der Waals surface area (Å²) in [6, 6.07) is 8.64. The Bertz CT molecular complexity index is 1160. The monoisotopic (exact) mass is 517 g/mol. The van der Waals surface area contributed by atoms with E-state index < -0.39 is 22.1 Å². The van der Waals surface area contributed by atoms with Crippen LogP contribution in [0.15, 0.2) is 47.5 Å². The van der Waals surface area contributed by atoms with Crippen molar-refractivity contribution in [1.82, 2.24) is 15.0 Å². The standard InChI is InChI=1S/C25H31N3O7S/c1-17(2)34-25(31)35-22-13-10-20(16-27-22)24(30)28-36(32,33)21-11-8-18(9-12-21)14-15-26-23(29)19-6-4-3-5-7-19/h8-13,16-17,19H,3-7,14-15H2,1-2H3,(H,26,29)(H,28,30). The zero-order valence-corrected chi connectivity index (χ0v) is 21.2. The lowest BCUT2D eigenvalue weighted by atomic mass is 9.88. The van der Waals surface area contributed by atoms with Crippen LogP contribution in [0.5, 0.6) is 5.88 Å². The summed E-state index contributed by atoms with van der Waals surface area (Å²) in [6.07, 6.45) is 5.60.